The van der Waals surface area contributed by atoms with E-state index in [-0.39, 0.29) is 12.2 Å². The molecule has 0 saturated heterocycles. The van der Waals surface area contributed by atoms with E-state index in [9.17, 15) is 19.5 Å². The number of H-pyrrole nitrogens is 2. The van der Waals surface area contributed by atoms with Gasteiger partial charge in [0, 0.05) is 6.04 Å². The number of nitrogens with one attached hydrogen (secondary N) is 3. The number of carbonyl (C=O) groups is 2. The van der Waals surface area contributed by atoms with E-state index >= 15 is 0 Å². The van der Waals surface area contributed by atoms with E-state index in [4.69, 9.17) is 0 Å². The van der Waals surface area contributed by atoms with Crippen molar-refractivity contribution in [3.8, 4) is 11.1 Å². The van der Waals surface area contributed by atoms with Crippen LogP contribution in [0, 0.1) is 5.92 Å². The molecule has 1 aromatic heterocycles. The van der Waals surface area contributed by atoms with E-state index in [0.717, 1.165) is 16.7 Å². The summed E-state index contributed by atoms with van der Waals surface area (Å²) >= 11 is 0. The molecule has 1 amide bonds. The zero-order valence-electron chi connectivity index (χ0n) is 15.9. The van der Waals surface area contributed by atoms with Crippen molar-refractivity contribution in [1.82, 2.24) is 20.5 Å². The van der Waals surface area contributed by atoms with E-state index in [2.05, 4.69) is 20.5 Å². The fourth-order valence-electron chi connectivity index (χ4n) is 3.10. The number of nitrogens with zero attached hydrogens (tertiary/aromatic N) is 1. The maximum Gasteiger partial charge on any atom is 0.341 e. The van der Waals surface area contributed by atoms with Crippen LogP contribution in [-0.4, -0.2) is 38.2 Å². The molecule has 3 aromatic rings. The lowest BCUT2D eigenvalue weighted by Gasteiger charge is -2.20. The van der Waals surface area contributed by atoms with Crippen LogP contribution < -0.4 is 11.0 Å². The molecule has 8 heteroatoms. The average Bonchev–Trinajstić information content (AvgIpc) is 3.15. The number of carboxylic acid groups (broad SMARTS) is 1. The van der Waals surface area contributed by atoms with Crippen molar-refractivity contribution in [3.05, 3.63) is 76.5 Å². The number of aliphatic carboxylic acids is 1. The second-order valence-corrected chi connectivity index (χ2v) is 6.94. The number of amides is 1. The van der Waals surface area contributed by atoms with Crippen molar-refractivity contribution in [2.24, 2.45) is 5.92 Å². The van der Waals surface area contributed by atoms with Crippen LogP contribution in [0.1, 0.15) is 29.5 Å². The minimum absolute atomic E-state index is 0.137. The highest BCUT2D eigenvalue weighted by Crippen LogP contribution is 2.20. The third-order valence-electron chi connectivity index (χ3n) is 4.65. The van der Waals surface area contributed by atoms with E-state index in [1.807, 2.05) is 54.6 Å². The van der Waals surface area contributed by atoms with Crippen molar-refractivity contribution < 1.29 is 14.7 Å². The minimum atomic E-state index is -0.933. The smallest absolute Gasteiger partial charge is 0.341 e. The van der Waals surface area contributed by atoms with Gasteiger partial charge in [-0.25, -0.2) is 9.89 Å². The first-order valence-electron chi connectivity index (χ1n) is 9.25. The van der Waals surface area contributed by atoms with Crippen LogP contribution in [0.25, 0.3) is 11.1 Å². The quantitative estimate of drug-likeness (QED) is 0.466. The zero-order valence-corrected chi connectivity index (χ0v) is 15.9. The number of benzene rings is 2. The molecule has 29 heavy (non-hydrogen) atoms. The molecular formula is C21H22N4O4. The Morgan fingerprint density at radius 1 is 1.07 bits per heavy atom. The molecule has 2 aromatic carbocycles. The van der Waals surface area contributed by atoms with Gasteiger partial charge < -0.3 is 10.4 Å². The number of aromatic amines is 2. The molecule has 150 valence electrons. The topological polar surface area (TPSA) is 128 Å². The van der Waals surface area contributed by atoms with E-state index in [0.29, 0.717) is 6.42 Å². The van der Waals surface area contributed by atoms with Gasteiger partial charge in [0.05, 0.1) is 5.92 Å². The highest BCUT2D eigenvalue weighted by atomic mass is 16.4. The third-order valence-corrected chi connectivity index (χ3v) is 4.65. The number of hydrogen-bond donors (Lipinski definition) is 4. The Labute approximate surface area is 167 Å². The van der Waals surface area contributed by atoms with Gasteiger partial charge in [-0.05, 0) is 29.5 Å². The molecule has 0 spiro atoms. The molecule has 0 aliphatic rings. The minimum Gasteiger partial charge on any atom is -0.481 e. The van der Waals surface area contributed by atoms with Crippen LogP contribution in [0.2, 0.25) is 0 Å². The van der Waals surface area contributed by atoms with Crippen LogP contribution in [0.4, 0.5) is 0 Å². The number of carbonyl (C=O) groups excluding carboxylic acids is 1. The normalized spacial score (nSPS) is 12.9. The predicted octanol–water partition coefficient (Wildman–Crippen LogP) is 2.22. The van der Waals surface area contributed by atoms with Gasteiger partial charge in [0.2, 0.25) is 5.82 Å². The number of carboxylic acids is 1. The van der Waals surface area contributed by atoms with Gasteiger partial charge in [0.15, 0.2) is 0 Å². The summed E-state index contributed by atoms with van der Waals surface area (Å²) in [7, 11) is 0. The molecule has 0 fully saturated rings. The van der Waals surface area contributed by atoms with Crippen LogP contribution in [-0.2, 0) is 11.2 Å². The van der Waals surface area contributed by atoms with Gasteiger partial charge in [-0.15, -0.1) is 5.10 Å². The second-order valence-electron chi connectivity index (χ2n) is 6.94. The van der Waals surface area contributed by atoms with Crippen molar-refractivity contribution in [2.75, 3.05) is 0 Å². The molecule has 0 aliphatic carbocycles. The molecule has 3 rings (SSSR count). The van der Waals surface area contributed by atoms with Gasteiger partial charge in [-0.2, -0.15) is 0 Å². The van der Waals surface area contributed by atoms with Crippen LogP contribution in [0.5, 0.6) is 0 Å². The highest BCUT2D eigenvalue weighted by Gasteiger charge is 2.22. The van der Waals surface area contributed by atoms with Gasteiger partial charge >= 0.3 is 11.7 Å². The molecule has 2 atom stereocenters. The maximum absolute atomic E-state index is 12.3. The van der Waals surface area contributed by atoms with Crippen LogP contribution >= 0.6 is 0 Å². The van der Waals surface area contributed by atoms with E-state index < -0.39 is 29.5 Å². The number of hydrogen-bond acceptors (Lipinski definition) is 4. The Hall–Kier alpha value is -3.68. The first-order valence-corrected chi connectivity index (χ1v) is 9.25. The van der Waals surface area contributed by atoms with Crippen LogP contribution in [0.15, 0.2) is 59.4 Å². The lowest BCUT2D eigenvalue weighted by atomic mass is 9.95. The summed E-state index contributed by atoms with van der Waals surface area (Å²) in [5.41, 5.74) is 2.55. The number of aromatic nitrogens is 3. The maximum atomic E-state index is 12.3. The van der Waals surface area contributed by atoms with Crippen molar-refractivity contribution in [2.45, 2.75) is 25.8 Å². The largest absolute Gasteiger partial charge is 0.481 e. The summed E-state index contributed by atoms with van der Waals surface area (Å²) in [5.74, 6) is -2.27. The summed E-state index contributed by atoms with van der Waals surface area (Å²) in [6.07, 6.45) is 0.698. The first-order chi connectivity index (χ1) is 13.9. The van der Waals surface area contributed by atoms with E-state index in [1.54, 1.807) is 6.92 Å². The SMILES string of the molecule is C[C@H](C[C@@H](Cc1ccc(-c2ccccc2)cc1)NC(=O)c1n[nH]c(=O)[nH]1)C(=O)O. The average molecular weight is 394 g/mol. The molecule has 0 aliphatic heterocycles. The second kappa shape index (κ2) is 9.01. The Balaban J connectivity index is 1.74. The van der Waals surface area contributed by atoms with Gasteiger partial charge in [-0.3, -0.25) is 14.6 Å². The van der Waals surface area contributed by atoms with Crippen molar-refractivity contribution in [3.63, 3.8) is 0 Å². The van der Waals surface area contributed by atoms with Gasteiger partial charge in [0.25, 0.3) is 5.91 Å². The Kier molecular flexibility index (Phi) is 6.23. The summed E-state index contributed by atoms with van der Waals surface area (Å²) < 4.78 is 0. The fourth-order valence-corrected chi connectivity index (χ4v) is 3.10. The molecule has 8 nitrogen and oxygen atoms in total. The van der Waals surface area contributed by atoms with Gasteiger partial charge in [-0.1, -0.05) is 61.5 Å². The lowest BCUT2D eigenvalue weighted by Crippen LogP contribution is -2.39. The standard InChI is InChI=1S/C21H22N4O4/c1-13(20(27)28)11-17(22-19(26)18-23-21(29)25-24-18)12-14-7-9-16(10-8-14)15-5-3-2-4-6-15/h2-10,13,17H,11-12H2,1H3,(H,22,26)(H,27,28)(H2,23,24,25,29)/t13-,17+/m1/s1. The predicted molar refractivity (Wildman–Crippen MR) is 107 cm³/mol. The Morgan fingerprint density at radius 2 is 1.72 bits per heavy atom. The number of rotatable bonds is 8. The monoisotopic (exact) mass is 394 g/mol. The summed E-state index contributed by atoms with van der Waals surface area (Å²) in [5, 5.41) is 17.8. The summed E-state index contributed by atoms with van der Waals surface area (Å²) in [6.45, 7) is 1.59. The molecule has 0 unspecified atom stereocenters. The van der Waals surface area contributed by atoms with Crippen LogP contribution in [0.3, 0.4) is 0 Å². The third kappa shape index (κ3) is 5.41. The Morgan fingerprint density at radius 3 is 2.31 bits per heavy atom. The zero-order chi connectivity index (χ0) is 20.8. The summed E-state index contributed by atoms with van der Waals surface area (Å²) in [4.78, 5) is 37.1. The molecular weight excluding hydrogens is 372 g/mol. The van der Waals surface area contributed by atoms with E-state index in [1.165, 1.54) is 0 Å². The lowest BCUT2D eigenvalue weighted by molar-refractivity contribution is -0.141. The Bertz CT molecular complexity index is 1020. The van der Waals surface area contributed by atoms with Crippen molar-refractivity contribution in [1.29, 1.82) is 0 Å². The molecule has 0 radical (unpaired) electrons. The molecule has 0 bridgehead atoms. The fraction of sp³-hybridized carbons (Fsp3) is 0.238. The van der Waals surface area contributed by atoms with Gasteiger partial charge in [0.1, 0.15) is 0 Å². The highest BCUT2D eigenvalue weighted by molar-refractivity contribution is 5.90. The molecule has 0 saturated carbocycles. The first kappa shape index (κ1) is 20.1. The molecule has 4 N–H and O–H groups in total. The van der Waals surface area contributed by atoms with Crippen molar-refractivity contribution >= 4 is 11.9 Å². The summed E-state index contributed by atoms with van der Waals surface area (Å²) in [6, 6.07) is 17.4. The molecule has 1 heterocycles.